The van der Waals surface area contributed by atoms with Gasteiger partial charge < -0.3 is 28.4 Å². The van der Waals surface area contributed by atoms with Crippen LogP contribution < -0.4 is 24.0 Å². The van der Waals surface area contributed by atoms with E-state index in [0.717, 1.165) is 105 Å². The molecule has 352 valence electrons. The van der Waals surface area contributed by atoms with Crippen molar-refractivity contribution in [3.05, 3.63) is 132 Å². The Balaban J connectivity index is 1.22. The number of methoxy groups -OCH3 is 1. The predicted octanol–water partition coefficient (Wildman–Crippen LogP) is 12.6. The van der Waals surface area contributed by atoms with E-state index < -0.39 is 17.9 Å². The number of carbonyl (C=O) groups excluding carboxylic acids is 3. The summed E-state index contributed by atoms with van der Waals surface area (Å²) in [6, 6.07) is 30.8. The van der Waals surface area contributed by atoms with Crippen LogP contribution in [0.4, 0.5) is 5.13 Å². The Morgan fingerprint density at radius 3 is 1.88 bits per heavy atom. The van der Waals surface area contributed by atoms with Crippen LogP contribution in [0.1, 0.15) is 110 Å². The largest absolute Gasteiger partial charge is 0.494 e. The second kappa shape index (κ2) is 27.2. The molecule has 0 fully saturated rings. The lowest BCUT2D eigenvalue weighted by Crippen LogP contribution is -2.18. The van der Waals surface area contributed by atoms with E-state index >= 15 is 0 Å². The topological polar surface area (TPSA) is 135 Å². The molecule has 6 aromatic rings. The van der Waals surface area contributed by atoms with E-state index in [9.17, 15) is 14.4 Å². The summed E-state index contributed by atoms with van der Waals surface area (Å²) in [5.74, 6) is 0.300. The van der Waals surface area contributed by atoms with Crippen molar-refractivity contribution < 1.29 is 42.8 Å². The molecule has 0 saturated heterocycles. The van der Waals surface area contributed by atoms with Crippen molar-refractivity contribution in [2.75, 3.05) is 45.1 Å². The third-order valence-corrected chi connectivity index (χ3v) is 11.9. The maximum absolute atomic E-state index is 14.0. The van der Waals surface area contributed by atoms with Crippen molar-refractivity contribution in [3.8, 4) is 23.0 Å². The van der Waals surface area contributed by atoms with Gasteiger partial charge in [0.2, 0.25) is 5.13 Å². The van der Waals surface area contributed by atoms with Crippen molar-refractivity contribution in [2.24, 2.45) is 5.10 Å². The maximum atomic E-state index is 14.0. The van der Waals surface area contributed by atoms with Gasteiger partial charge in [0.05, 0.1) is 47.4 Å². The van der Waals surface area contributed by atoms with Gasteiger partial charge in [-0.25, -0.2) is 24.4 Å². The van der Waals surface area contributed by atoms with Gasteiger partial charge >= 0.3 is 17.9 Å². The van der Waals surface area contributed by atoms with Crippen molar-refractivity contribution in [3.63, 3.8) is 0 Å². The minimum absolute atomic E-state index is 0.263. The van der Waals surface area contributed by atoms with E-state index in [2.05, 4.69) is 13.5 Å². The number of para-hydroxylation sites is 1. The normalized spacial score (nSPS) is 11.2. The van der Waals surface area contributed by atoms with E-state index in [-0.39, 0.29) is 11.5 Å². The fourth-order valence-corrected chi connectivity index (χ4v) is 8.13. The zero-order valence-corrected chi connectivity index (χ0v) is 39.4. The average Bonchev–Trinajstić information content (AvgIpc) is 3.80. The standard InChI is InChI=1S/C54H61N3O9S/c1-4-6-7-16-33-57(54-56-47-23-14-15-24-49(47)67-54)55-39-42-38-48(65-52(59)40-25-29-43(30-26-40)62-35-18-9-8-17-34-61-3)45-21-12-13-22-46(45)51(42)66-53(60)41-27-31-44(32-28-41)63-36-19-10-11-20-37-64-50(58)5-2/h5,12-15,21-32,38-39H,2,4,6-11,16-20,33-37H2,1,3H3/b55-39+. The van der Waals surface area contributed by atoms with Crippen molar-refractivity contribution in [1.29, 1.82) is 0 Å². The molecule has 0 radical (unpaired) electrons. The number of rotatable bonds is 29. The van der Waals surface area contributed by atoms with Gasteiger partial charge in [0.15, 0.2) is 0 Å². The summed E-state index contributed by atoms with van der Waals surface area (Å²) in [5.41, 5.74) is 1.99. The quantitative estimate of drug-likeness (QED) is 0.0111. The smallest absolute Gasteiger partial charge is 0.343 e. The molecule has 12 nitrogen and oxygen atoms in total. The number of hydrogen-bond donors (Lipinski definition) is 0. The van der Waals surface area contributed by atoms with E-state index in [1.807, 2.05) is 53.5 Å². The Kier molecular flexibility index (Phi) is 20.2. The number of nitrogens with zero attached hydrogens (tertiary/aromatic N) is 3. The van der Waals surface area contributed by atoms with Crippen LogP contribution >= 0.6 is 11.3 Å². The lowest BCUT2D eigenvalue weighted by atomic mass is 10.0. The third-order valence-electron chi connectivity index (χ3n) is 10.9. The number of ether oxygens (including phenoxy) is 6. The summed E-state index contributed by atoms with van der Waals surface area (Å²) in [5, 5.41) is 8.74. The fourth-order valence-electron chi connectivity index (χ4n) is 7.18. The number of anilines is 1. The Labute approximate surface area is 397 Å². The molecular weight excluding hydrogens is 867 g/mol. The number of hydrazone groups is 1. The Morgan fingerprint density at radius 2 is 1.25 bits per heavy atom. The minimum Gasteiger partial charge on any atom is -0.494 e. The van der Waals surface area contributed by atoms with E-state index in [1.165, 1.54) is 0 Å². The molecule has 6 rings (SSSR count). The van der Waals surface area contributed by atoms with E-state index in [0.29, 0.717) is 65.3 Å². The number of fused-ring (bicyclic) bond motifs is 2. The van der Waals surface area contributed by atoms with E-state index in [4.69, 9.17) is 38.5 Å². The number of unbranched alkanes of at least 4 members (excludes halogenated alkanes) is 9. The van der Waals surface area contributed by atoms with Crippen LogP contribution in [0.15, 0.2) is 121 Å². The van der Waals surface area contributed by atoms with Crippen LogP contribution in [0.5, 0.6) is 23.0 Å². The number of hydrogen-bond acceptors (Lipinski definition) is 13. The molecule has 0 N–H and O–H groups in total. The van der Waals surface area contributed by atoms with Crippen LogP contribution in [-0.2, 0) is 14.3 Å². The summed E-state index contributed by atoms with van der Waals surface area (Å²) in [6.07, 6.45) is 14.5. The first-order valence-corrected chi connectivity index (χ1v) is 24.1. The number of esters is 3. The number of carbonyl (C=O) groups is 3. The monoisotopic (exact) mass is 927 g/mol. The maximum Gasteiger partial charge on any atom is 0.343 e. The van der Waals surface area contributed by atoms with Crippen molar-refractivity contribution in [2.45, 2.75) is 84.0 Å². The molecule has 0 aliphatic carbocycles. The molecule has 0 amide bonds. The fraction of sp³-hybridized carbons (Fsp3) is 0.352. The molecule has 5 aromatic carbocycles. The second-order valence-corrected chi connectivity index (χ2v) is 17.0. The summed E-state index contributed by atoms with van der Waals surface area (Å²) in [7, 11) is 1.71. The van der Waals surface area contributed by atoms with Gasteiger partial charge in [0, 0.05) is 42.7 Å². The van der Waals surface area contributed by atoms with Gasteiger partial charge in [0.1, 0.15) is 23.0 Å². The molecule has 0 bridgehead atoms. The lowest BCUT2D eigenvalue weighted by molar-refractivity contribution is -0.137. The third kappa shape index (κ3) is 15.5. The molecule has 1 aromatic heterocycles. The highest BCUT2D eigenvalue weighted by Crippen LogP contribution is 2.38. The first-order chi connectivity index (χ1) is 32.9. The highest BCUT2D eigenvalue weighted by molar-refractivity contribution is 7.22. The van der Waals surface area contributed by atoms with Crippen LogP contribution in [0.25, 0.3) is 21.0 Å². The number of benzene rings is 5. The number of thiazole rings is 1. The molecule has 13 heteroatoms. The van der Waals surface area contributed by atoms with Crippen LogP contribution in [-0.4, -0.2) is 69.2 Å². The molecule has 0 aliphatic heterocycles. The summed E-state index contributed by atoms with van der Waals surface area (Å²) in [4.78, 5) is 43.9. The zero-order valence-electron chi connectivity index (χ0n) is 38.6. The Morgan fingerprint density at radius 1 is 0.672 bits per heavy atom. The van der Waals surface area contributed by atoms with Gasteiger partial charge in [-0.3, -0.25) is 0 Å². The highest BCUT2D eigenvalue weighted by Gasteiger charge is 2.21. The van der Waals surface area contributed by atoms with Crippen molar-refractivity contribution >= 4 is 61.6 Å². The SMILES string of the molecule is C=CC(=O)OCCCCCCOc1ccc(C(=O)Oc2c(/C=N/N(CCCCCC)c3nc4ccccc4s3)cc(OC(=O)c3ccc(OCCCCCCOC)cc3)c3ccccc23)cc1. The van der Waals surface area contributed by atoms with E-state index in [1.54, 1.807) is 79.3 Å². The van der Waals surface area contributed by atoms with Gasteiger partial charge in [-0.05, 0) is 118 Å². The first-order valence-electron chi connectivity index (χ1n) is 23.3. The van der Waals surface area contributed by atoms with Gasteiger partial charge in [-0.1, -0.05) is 86.9 Å². The number of aromatic nitrogens is 1. The molecule has 0 aliphatic rings. The molecule has 0 unspecified atom stereocenters. The molecule has 1 heterocycles. The molecule has 0 atom stereocenters. The Bertz CT molecular complexity index is 2510. The molecule has 67 heavy (non-hydrogen) atoms. The van der Waals surface area contributed by atoms with Gasteiger partial charge in [-0.2, -0.15) is 5.10 Å². The zero-order chi connectivity index (χ0) is 47.1. The summed E-state index contributed by atoms with van der Waals surface area (Å²) < 4.78 is 35.5. The molecule has 0 spiro atoms. The van der Waals surface area contributed by atoms with Crippen LogP contribution in [0.3, 0.4) is 0 Å². The Hall–Kier alpha value is -6.57. The minimum atomic E-state index is -0.579. The van der Waals surface area contributed by atoms with Crippen LogP contribution in [0.2, 0.25) is 0 Å². The predicted molar refractivity (Wildman–Crippen MR) is 266 cm³/mol. The van der Waals surface area contributed by atoms with Crippen LogP contribution in [0, 0.1) is 0 Å². The molecular formula is C54H61N3O9S. The summed E-state index contributed by atoms with van der Waals surface area (Å²) >= 11 is 1.56. The second-order valence-electron chi connectivity index (χ2n) is 15.9. The van der Waals surface area contributed by atoms with Crippen molar-refractivity contribution in [1.82, 2.24) is 4.98 Å². The lowest BCUT2D eigenvalue weighted by Gasteiger charge is -2.18. The first kappa shape index (κ1) is 49.9. The summed E-state index contributed by atoms with van der Waals surface area (Å²) in [6.45, 7) is 8.43. The molecule has 0 saturated carbocycles. The van der Waals surface area contributed by atoms with Gasteiger partial charge in [-0.15, -0.1) is 0 Å². The highest BCUT2D eigenvalue weighted by atomic mass is 32.1. The average molecular weight is 928 g/mol. The van der Waals surface area contributed by atoms with Gasteiger partial charge in [0.25, 0.3) is 0 Å².